The van der Waals surface area contributed by atoms with E-state index in [1.165, 1.54) is 12.1 Å². The van der Waals surface area contributed by atoms with Crippen LogP contribution >= 0.6 is 0 Å². The molecule has 0 spiro atoms. The number of nitrogens with zero attached hydrogens (tertiary/aromatic N) is 1. The lowest BCUT2D eigenvalue weighted by Gasteiger charge is -2.47. The molecule has 0 aromatic heterocycles. The van der Waals surface area contributed by atoms with Crippen molar-refractivity contribution >= 4 is 11.4 Å². The van der Waals surface area contributed by atoms with Crippen LogP contribution in [0.15, 0.2) is 29.8 Å². The summed E-state index contributed by atoms with van der Waals surface area (Å²) in [7, 11) is 0. The monoisotopic (exact) mass is 437 g/mol. The van der Waals surface area contributed by atoms with Crippen molar-refractivity contribution in [2.24, 2.45) is 16.7 Å². The maximum absolute atomic E-state index is 14.2. The molecule has 0 radical (unpaired) electrons. The molecule has 31 heavy (non-hydrogen) atoms. The summed E-state index contributed by atoms with van der Waals surface area (Å²) in [4.78, 5) is 1.68. The number of ether oxygens (including phenoxy) is 1. The third-order valence-corrected chi connectivity index (χ3v) is 7.59. The summed E-state index contributed by atoms with van der Waals surface area (Å²) in [5, 5.41) is 17.3. The zero-order valence-electron chi connectivity index (χ0n) is 17.7. The highest BCUT2D eigenvalue weighted by Gasteiger charge is 2.68. The van der Waals surface area contributed by atoms with Crippen LogP contribution in [0.5, 0.6) is 0 Å². The molecular weight excluding hydrogens is 410 g/mol. The van der Waals surface area contributed by atoms with Crippen LogP contribution in [0.25, 0.3) is 0 Å². The van der Waals surface area contributed by atoms with E-state index in [9.17, 15) is 17.6 Å². The average Bonchev–Trinajstić information content (AvgIpc) is 3.04. The molecule has 0 unspecified atom stereocenters. The summed E-state index contributed by atoms with van der Waals surface area (Å²) in [6.45, 7) is 4.82. The van der Waals surface area contributed by atoms with E-state index in [2.05, 4.69) is 0 Å². The molecule has 2 saturated carbocycles. The molecule has 168 valence electrons. The highest BCUT2D eigenvalue weighted by Crippen LogP contribution is 2.68. The van der Waals surface area contributed by atoms with E-state index in [1.807, 2.05) is 13.8 Å². The minimum atomic E-state index is -2.43. The van der Waals surface area contributed by atoms with Crippen molar-refractivity contribution in [2.75, 3.05) is 26.2 Å². The lowest BCUT2D eigenvalue weighted by Crippen LogP contribution is -2.56. The van der Waals surface area contributed by atoms with Crippen LogP contribution in [-0.4, -0.2) is 55.1 Å². The molecule has 8 heteroatoms. The van der Waals surface area contributed by atoms with Crippen molar-refractivity contribution in [3.63, 3.8) is 0 Å². The van der Waals surface area contributed by atoms with Crippen LogP contribution in [0, 0.1) is 39.2 Å². The van der Waals surface area contributed by atoms with Crippen molar-refractivity contribution in [1.29, 1.82) is 10.8 Å². The Morgan fingerprint density at radius 2 is 1.97 bits per heavy atom. The lowest BCUT2D eigenvalue weighted by molar-refractivity contribution is -0.105. The normalized spacial score (nSPS) is 31.7. The molecule has 3 fully saturated rings. The van der Waals surface area contributed by atoms with Gasteiger partial charge in [0.25, 0.3) is 6.43 Å². The van der Waals surface area contributed by atoms with Gasteiger partial charge in [-0.3, -0.25) is 4.90 Å². The van der Waals surface area contributed by atoms with E-state index >= 15 is 0 Å². The van der Waals surface area contributed by atoms with E-state index in [0.29, 0.717) is 37.4 Å². The summed E-state index contributed by atoms with van der Waals surface area (Å²) in [6, 6.07) is 3.46. The van der Waals surface area contributed by atoms with Crippen LogP contribution in [0.2, 0.25) is 0 Å². The second-order valence-electron chi connectivity index (χ2n) is 9.28. The first kappa shape index (κ1) is 22.1. The maximum atomic E-state index is 14.2. The predicted octanol–water partition coefficient (Wildman–Crippen LogP) is 4.68. The van der Waals surface area contributed by atoms with Gasteiger partial charge in [-0.1, -0.05) is 19.9 Å². The number of benzene rings is 1. The molecule has 4 rings (SSSR count). The van der Waals surface area contributed by atoms with Crippen LogP contribution in [-0.2, 0) is 4.74 Å². The van der Waals surface area contributed by atoms with Crippen LogP contribution < -0.4 is 0 Å². The number of morpholine rings is 1. The minimum Gasteiger partial charge on any atom is -0.375 e. The molecule has 3 atom stereocenters. The quantitative estimate of drug-likeness (QED) is 0.519. The molecule has 2 aliphatic carbocycles. The predicted molar refractivity (Wildman–Crippen MR) is 110 cm³/mol. The first-order chi connectivity index (χ1) is 14.6. The highest BCUT2D eigenvalue weighted by atomic mass is 19.3. The molecule has 3 aliphatic rings. The van der Waals surface area contributed by atoms with Gasteiger partial charge in [-0.2, -0.15) is 0 Å². The number of halogens is 4. The van der Waals surface area contributed by atoms with Gasteiger partial charge in [0.15, 0.2) is 0 Å². The lowest BCUT2D eigenvalue weighted by atomic mass is 9.64. The minimum absolute atomic E-state index is 0.0655. The average molecular weight is 437 g/mol. The Kier molecular flexibility index (Phi) is 5.58. The van der Waals surface area contributed by atoms with Crippen LogP contribution in [0.3, 0.4) is 0 Å². The summed E-state index contributed by atoms with van der Waals surface area (Å²) in [5.41, 5.74) is -0.897. The third kappa shape index (κ3) is 3.35. The molecule has 1 aliphatic heterocycles. The molecular formula is C23H27F4N3O. The van der Waals surface area contributed by atoms with E-state index in [4.69, 9.17) is 15.6 Å². The Labute approximate surface area is 179 Å². The molecule has 2 N–H and O–H groups in total. The Morgan fingerprint density at radius 1 is 1.29 bits per heavy atom. The Morgan fingerprint density at radius 3 is 2.61 bits per heavy atom. The fourth-order valence-electron chi connectivity index (χ4n) is 6.04. The van der Waals surface area contributed by atoms with Gasteiger partial charge in [0, 0.05) is 24.2 Å². The fraction of sp³-hybridized carbons (Fsp3) is 0.565. The Bertz CT molecular complexity index is 924. The zero-order valence-corrected chi connectivity index (χ0v) is 17.7. The summed E-state index contributed by atoms with van der Waals surface area (Å²) in [5.74, 6) is -1.70. The summed E-state index contributed by atoms with van der Waals surface area (Å²) < 4.78 is 60.3. The molecule has 2 bridgehead atoms. The highest BCUT2D eigenvalue weighted by molar-refractivity contribution is 6.15. The number of allylic oxidation sites excluding steroid dienone is 2. The molecule has 1 aromatic carbocycles. The largest absolute Gasteiger partial charge is 0.375 e. The topological polar surface area (TPSA) is 60.2 Å². The van der Waals surface area contributed by atoms with Gasteiger partial charge in [-0.05, 0) is 48.0 Å². The number of hydrogen-bond acceptors (Lipinski definition) is 4. The molecule has 1 aromatic rings. The van der Waals surface area contributed by atoms with Gasteiger partial charge < -0.3 is 15.6 Å². The van der Waals surface area contributed by atoms with Gasteiger partial charge in [-0.25, -0.2) is 17.6 Å². The smallest absolute Gasteiger partial charge is 0.251 e. The zero-order chi connectivity index (χ0) is 22.6. The maximum Gasteiger partial charge on any atom is 0.251 e. The van der Waals surface area contributed by atoms with E-state index < -0.39 is 40.6 Å². The summed E-state index contributed by atoms with van der Waals surface area (Å²) in [6.07, 6.45) is 0.00272. The second-order valence-corrected chi connectivity index (χ2v) is 9.28. The van der Waals surface area contributed by atoms with Crippen molar-refractivity contribution in [3.8, 4) is 0 Å². The molecule has 0 amide bonds. The van der Waals surface area contributed by atoms with Gasteiger partial charge >= 0.3 is 0 Å². The number of hydrogen-bond donors (Lipinski definition) is 2. The van der Waals surface area contributed by atoms with Gasteiger partial charge in [0.1, 0.15) is 11.6 Å². The van der Waals surface area contributed by atoms with E-state index in [0.717, 1.165) is 18.6 Å². The molecule has 1 saturated heterocycles. The fourth-order valence-corrected chi connectivity index (χ4v) is 6.04. The number of nitrogens with one attached hydrogen (secondary N) is 2. The van der Waals surface area contributed by atoms with Crippen molar-refractivity contribution in [1.82, 2.24) is 4.90 Å². The third-order valence-electron chi connectivity index (χ3n) is 7.59. The number of alkyl halides is 2. The number of rotatable bonds is 5. The summed E-state index contributed by atoms with van der Waals surface area (Å²) >= 11 is 0. The van der Waals surface area contributed by atoms with Crippen LogP contribution in [0.1, 0.15) is 32.3 Å². The molecule has 1 heterocycles. The van der Waals surface area contributed by atoms with Gasteiger partial charge in [-0.15, -0.1) is 0 Å². The first-order valence-electron chi connectivity index (χ1n) is 10.6. The standard InChI is InChI=1S/C23H27F4N3O/c1-22(2)14-6-7-23(22,18-11-30(8-9-31-18)12-19(26)27)21(29)13(14)10-17(28)20-15(24)4-3-5-16(20)25/h3-5,10,14,18-19,28-29H,6-9,11-12H2,1-2H3/b13-10-,28-17?,29-21?/t14-,18+,23-/m0/s1. The van der Waals surface area contributed by atoms with Crippen LogP contribution in [0.4, 0.5) is 17.6 Å². The van der Waals surface area contributed by atoms with Crippen molar-refractivity contribution in [2.45, 2.75) is 39.2 Å². The number of fused-ring (bicyclic) bond motifs is 2. The Balaban J connectivity index is 1.68. The van der Waals surface area contributed by atoms with E-state index in [-0.39, 0.29) is 18.2 Å². The van der Waals surface area contributed by atoms with Gasteiger partial charge in [0.2, 0.25) is 0 Å². The van der Waals surface area contributed by atoms with E-state index in [1.54, 1.807) is 4.90 Å². The SMILES string of the molecule is CC1(C)[C@H]2CC[C@]1([C@H]1CN(CC(F)F)CCO1)C(=N)/C2=C\C(=N)c1c(F)cccc1F. The molecule has 4 nitrogen and oxygen atoms in total. The van der Waals surface area contributed by atoms with Crippen molar-refractivity contribution in [3.05, 3.63) is 47.0 Å². The van der Waals surface area contributed by atoms with Gasteiger partial charge in [0.05, 0.1) is 30.5 Å². The first-order valence-corrected chi connectivity index (χ1v) is 10.6. The second kappa shape index (κ2) is 7.81. The van der Waals surface area contributed by atoms with Crippen molar-refractivity contribution < 1.29 is 22.3 Å². The Hall–Kier alpha value is -2.06.